The maximum atomic E-state index is 12.5. The van der Waals surface area contributed by atoms with Crippen molar-refractivity contribution < 1.29 is 9.32 Å². The summed E-state index contributed by atoms with van der Waals surface area (Å²) < 4.78 is 5.30. The first-order valence-corrected chi connectivity index (χ1v) is 7.07. The number of aryl methyl sites for hydroxylation is 1. The Hall–Kier alpha value is -2.30. The van der Waals surface area contributed by atoms with Gasteiger partial charge in [0.2, 0.25) is 0 Å². The summed E-state index contributed by atoms with van der Waals surface area (Å²) in [6.07, 6.45) is 0.812. The number of hydrogen-bond acceptors (Lipinski definition) is 4. The molecule has 0 aliphatic carbocycles. The molecule has 2 aromatic rings. The SMILES string of the molecule is Cc1noc2c1CCN(C(=O)c1ccc(N(C)C)cc1)C2. The molecular weight excluding hydrogens is 266 g/mol. The zero-order valence-corrected chi connectivity index (χ0v) is 12.6. The fourth-order valence-electron chi connectivity index (χ4n) is 2.64. The molecule has 1 aliphatic heterocycles. The predicted octanol–water partition coefficient (Wildman–Crippen LogP) is 2.25. The van der Waals surface area contributed by atoms with Crippen LogP contribution in [-0.4, -0.2) is 36.6 Å². The molecule has 5 heteroatoms. The number of nitrogens with zero attached hydrogens (tertiary/aromatic N) is 3. The highest BCUT2D eigenvalue weighted by Gasteiger charge is 2.26. The van der Waals surface area contributed by atoms with Gasteiger partial charge in [-0.25, -0.2) is 0 Å². The number of aromatic nitrogens is 1. The van der Waals surface area contributed by atoms with Crippen molar-refractivity contribution in [2.24, 2.45) is 0 Å². The van der Waals surface area contributed by atoms with Gasteiger partial charge in [0.1, 0.15) is 0 Å². The second-order valence-electron chi connectivity index (χ2n) is 5.59. The number of fused-ring (bicyclic) bond motifs is 1. The van der Waals surface area contributed by atoms with Crippen molar-refractivity contribution in [3.05, 3.63) is 46.8 Å². The summed E-state index contributed by atoms with van der Waals surface area (Å²) in [5, 5.41) is 3.98. The fraction of sp³-hybridized carbons (Fsp3) is 0.375. The molecule has 0 saturated carbocycles. The summed E-state index contributed by atoms with van der Waals surface area (Å²) in [4.78, 5) is 16.4. The molecule has 0 radical (unpaired) electrons. The Labute approximate surface area is 124 Å². The van der Waals surface area contributed by atoms with E-state index in [9.17, 15) is 4.79 Å². The van der Waals surface area contributed by atoms with Crippen molar-refractivity contribution in [3.8, 4) is 0 Å². The van der Waals surface area contributed by atoms with Crippen LogP contribution in [0.1, 0.15) is 27.4 Å². The van der Waals surface area contributed by atoms with Crippen molar-refractivity contribution >= 4 is 11.6 Å². The van der Waals surface area contributed by atoms with Gasteiger partial charge in [-0.3, -0.25) is 4.79 Å². The third kappa shape index (κ3) is 2.51. The second-order valence-corrected chi connectivity index (χ2v) is 5.59. The molecular formula is C16H19N3O2. The van der Waals surface area contributed by atoms with Gasteiger partial charge >= 0.3 is 0 Å². The first kappa shape index (κ1) is 13.7. The molecule has 0 unspecified atom stereocenters. The van der Waals surface area contributed by atoms with Crippen LogP contribution < -0.4 is 4.90 Å². The topological polar surface area (TPSA) is 49.6 Å². The number of benzene rings is 1. The van der Waals surface area contributed by atoms with Crippen LogP contribution in [0.25, 0.3) is 0 Å². The Kier molecular flexibility index (Phi) is 3.41. The first-order chi connectivity index (χ1) is 10.1. The maximum absolute atomic E-state index is 12.5. The summed E-state index contributed by atoms with van der Waals surface area (Å²) in [5.41, 5.74) is 3.88. The molecule has 0 spiro atoms. The van der Waals surface area contributed by atoms with Crippen LogP contribution in [0, 0.1) is 6.92 Å². The van der Waals surface area contributed by atoms with Crippen molar-refractivity contribution in [1.29, 1.82) is 0 Å². The third-order valence-corrected chi connectivity index (χ3v) is 3.95. The first-order valence-electron chi connectivity index (χ1n) is 7.07. The summed E-state index contributed by atoms with van der Waals surface area (Å²) in [7, 11) is 3.96. The third-order valence-electron chi connectivity index (χ3n) is 3.95. The second kappa shape index (κ2) is 5.24. The minimum Gasteiger partial charge on any atom is -0.378 e. The standard InChI is InChI=1S/C16H19N3O2/c1-11-14-8-9-19(10-15(14)21-17-11)16(20)12-4-6-13(7-5-12)18(2)3/h4-7H,8-10H2,1-3H3. The van der Waals surface area contributed by atoms with E-state index in [1.165, 1.54) is 0 Å². The molecule has 0 atom stereocenters. The van der Waals surface area contributed by atoms with E-state index in [2.05, 4.69) is 5.16 Å². The van der Waals surface area contributed by atoms with Crippen molar-refractivity contribution in [2.45, 2.75) is 19.9 Å². The molecule has 21 heavy (non-hydrogen) atoms. The van der Waals surface area contributed by atoms with Gasteiger partial charge in [0.05, 0.1) is 12.2 Å². The molecule has 0 fully saturated rings. The lowest BCUT2D eigenvalue weighted by atomic mass is 10.0. The monoisotopic (exact) mass is 285 g/mol. The van der Waals surface area contributed by atoms with Crippen molar-refractivity contribution in [3.63, 3.8) is 0 Å². The zero-order chi connectivity index (χ0) is 15.0. The van der Waals surface area contributed by atoms with Crippen LogP contribution in [0.2, 0.25) is 0 Å². The summed E-state index contributed by atoms with van der Waals surface area (Å²) >= 11 is 0. The molecule has 110 valence electrons. The Balaban J connectivity index is 1.77. The number of carbonyl (C=O) groups excluding carboxylic acids is 1. The number of carbonyl (C=O) groups is 1. The lowest BCUT2D eigenvalue weighted by Gasteiger charge is -2.26. The maximum Gasteiger partial charge on any atom is 0.254 e. The van der Waals surface area contributed by atoms with Gasteiger partial charge in [-0.2, -0.15) is 0 Å². The normalized spacial score (nSPS) is 14.0. The van der Waals surface area contributed by atoms with Gasteiger partial charge in [-0.15, -0.1) is 0 Å². The highest BCUT2D eigenvalue weighted by atomic mass is 16.5. The van der Waals surface area contributed by atoms with E-state index in [1.807, 2.05) is 55.1 Å². The van der Waals surface area contributed by atoms with E-state index >= 15 is 0 Å². The molecule has 3 rings (SSSR count). The van der Waals surface area contributed by atoms with E-state index in [1.54, 1.807) is 0 Å². The molecule has 0 N–H and O–H groups in total. The Bertz CT molecular complexity index is 659. The van der Waals surface area contributed by atoms with Gasteiger partial charge in [0, 0.05) is 37.5 Å². The molecule has 1 aromatic carbocycles. The quantitative estimate of drug-likeness (QED) is 0.849. The molecule has 2 heterocycles. The minimum atomic E-state index is 0.0417. The highest BCUT2D eigenvalue weighted by Crippen LogP contribution is 2.23. The summed E-state index contributed by atoms with van der Waals surface area (Å²) in [5.74, 6) is 0.858. The smallest absolute Gasteiger partial charge is 0.254 e. The van der Waals surface area contributed by atoms with E-state index < -0.39 is 0 Å². The van der Waals surface area contributed by atoms with Crippen LogP contribution in [0.15, 0.2) is 28.8 Å². The highest BCUT2D eigenvalue weighted by molar-refractivity contribution is 5.94. The zero-order valence-electron chi connectivity index (χ0n) is 12.6. The molecule has 0 saturated heterocycles. The van der Waals surface area contributed by atoms with Crippen LogP contribution in [-0.2, 0) is 13.0 Å². The summed E-state index contributed by atoms with van der Waals surface area (Å²) in [6, 6.07) is 7.67. The number of anilines is 1. The van der Waals surface area contributed by atoms with Gasteiger partial charge < -0.3 is 14.3 Å². The predicted molar refractivity (Wildman–Crippen MR) is 80.5 cm³/mol. The average Bonchev–Trinajstić information content (AvgIpc) is 2.87. The largest absolute Gasteiger partial charge is 0.378 e. The Morgan fingerprint density at radius 2 is 2.00 bits per heavy atom. The van der Waals surface area contributed by atoms with E-state index in [4.69, 9.17) is 4.52 Å². The Morgan fingerprint density at radius 3 is 2.67 bits per heavy atom. The van der Waals surface area contributed by atoms with E-state index in [0.717, 1.165) is 29.1 Å². The molecule has 0 bridgehead atoms. The molecule has 1 amide bonds. The summed E-state index contributed by atoms with van der Waals surface area (Å²) in [6.45, 7) is 3.16. The van der Waals surface area contributed by atoms with Crippen LogP contribution in [0.5, 0.6) is 0 Å². The van der Waals surface area contributed by atoms with Gasteiger partial charge in [-0.1, -0.05) is 5.16 Å². The van der Waals surface area contributed by atoms with Gasteiger partial charge in [-0.05, 0) is 37.6 Å². The van der Waals surface area contributed by atoms with E-state index in [0.29, 0.717) is 18.7 Å². The molecule has 1 aliphatic rings. The van der Waals surface area contributed by atoms with Gasteiger partial charge in [0.15, 0.2) is 5.76 Å². The van der Waals surface area contributed by atoms with Crippen molar-refractivity contribution in [2.75, 3.05) is 25.5 Å². The molecule has 5 nitrogen and oxygen atoms in total. The average molecular weight is 285 g/mol. The number of rotatable bonds is 2. The lowest BCUT2D eigenvalue weighted by Crippen LogP contribution is -2.35. The Morgan fingerprint density at radius 1 is 1.29 bits per heavy atom. The number of hydrogen-bond donors (Lipinski definition) is 0. The van der Waals surface area contributed by atoms with Crippen molar-refractivity contribution in [1.82, 2.24) is 10.1 Å². The lowest BCUT2D eigenvalue weighted by molar-refractivity contribution is 0.0716. The van der Waals surface area contributed by atoms with Crippen LogP contribution >= 0.6 is 0 Å². The van der Waals surface area contributed by atoms with Crippen LogP contribution in [0.3, 0.4) is 0 Å². The van der Waals surface area contributed by atoms with Gasteiger partial charge in [0.25, 0.3) is 5.91 Å². The van der Waals surface area contributed by atoms with Crippen LogP contribution in [0.4, 0.5) is 5.69 Å². The minimum absolute atomic E-state index is 0.0417. The molecule has 1 aromatic heterocycles. The van der Waals surface area contributed by atoms with E-state index in [-0.39, 0.29) is 5.91 Å². The fourth-order valence-corrected chi connectivity index (χ4v) is 2.64. The number of amides is 1.